The van der Waals surface area contributed by atoms with Crippen LogP contribution in [0, 0.1) is 22.7 Å². The van der Waals surface area contributed by atoms with Gasteiger partial charge in [-0.05, 0) is 41.9 Å². The number of hydrogen-bond acceptors (Lipinski definition) is 2. The summed E-state index contributed by atoms with van der Waals surface area (Å²) in [5.74, 6) is 1.53. The number of hydrogen-bond donors (Lipinski definition) is 1. The molecule has 1 fully saturated rings. The van der Waals surface area contributed by atoms with E-state index < -0.39 is 0 Å². The highest BCUT2D eigenvalue weighted by atomic mass is 17.1. The molecule has 1 aliphatic carbocycles. The van der Waals surface area contributed by atoms with Crippen molar-refractivity contribution in [3.63, 3.8) is 0 Å². The molecular formula is C16H32O2. The second-order valence-corrected chi connectivity index (χ2v) is 7.61. The molecule has 0 aromatic heterocycles. The molecule has 0 aromatic rings. The van der Waals surface area contributed by atoms with Crippen molar-refractivity contribution in [2.24, 2.45) is 22.7 Å². The Balaban J connectivity index is 2.82. The van der Waals surface area contributed by atoms with Crippen molar-refractivity contribution in [2.45, 2.75) is 79.8 Å². The Kier molecular flexibility index (Phi) is 5.25. The van der Waals surface area contributed by atoms with Crippen LogP contribution < -0.4 is 0 Å². The molecule has 1 atom stereocenters. The lowest BCUT2D eigenvalue weighted by Gasteiger charge is -2.47. The van der Waals surface area contributed by atoms with Crippen molar-refractivity contribution in [1.82, 2.24) is 0 Å². The molecule has 2 nitrogen and oxygen atoms in total. The summed E-state index contributed by atoms with van der Waals surface area (Å²) in [6, 6.07) is 0. The molecule has 108 valence electrons. The smallest absolute Gasteiger partial charge is 0.103 e. The van der Waals surface area contributed by atoms with Crippen LogP contribution in [0.2, 0.25) is 0 Å². The molecule has 0 aromatic carbocycles. The van der Waals surface area contributed by atoms with E-state index in [-0.39, 0.29) is 16.9 Å². The summed E-state index contributed by atoms with van der Waals surface area (Å²) in [5.41, 5.74) is 0.0513. The van der Waals surface area contributed by atoms with Gasteiger partial charge in [-0.25, -0.2) is 4.89 Å². The molecule has 1 aliphatic rings. The Bertz CT molecular complexity index is 250. The van der Waals surface area contributed by atoms with Gasteiger partial charge in [-0.15, -0.1) is 0 Å². The van der Waals surface area contributed by atoms with Gasteiger partial charge in [0, 0.05) is 0 Å². The van der Waals surface area contributed by atoms with Gasteiger partial charge in [-0.2, -0.15) is 0 Å². The van der Waals surface area contributed by atoms with Crippen LogP contribution in [0.15, 0.2) is 0 Å². The first-order valence-electron chi connectivity index (χ1n) is 7.56. The van der Waals surface area contributed by atoms with Gasteiger partial charge in [-0.1, -0.05) is 54.4 Å². The molecule has 0 amide bonds. The Morgan fingerprint density at radius 1 is 1.11 bits per heavy atom. The molecule has 1 unspecified atom stereocenters. The second-order valence-electron chi connectivity index (χ2n) is 7.61. The largest absolute Gasteiger partial charge is 0.251 e. The predicted octanol–water partition coefficient (Wildman–Crippen LogP) is 5.13. The summed E-state index contributed by atoms with van der Waals surface area (Å²) in [6.07, 6.45) is 6.11. The Morgan fingerprint density at radius 2 is 1.61 bits per heavy atom. The van der Waals surface area contributed by atoms with E-state index in [2.05, 4.69) is 41.5 Å². The van der Waals surface area contributed by atoms with Gasteiger partial charge in [0.2, 0.25) is 0 Å². The van der Waals surface area contributed by atoms with Gasteiger partial charge in [0.1, 0.15) is 6.10 Å². The van der Waals surface area contributed by atoms with Gasteiger partial charge in [0.25, 0.3) is 0 Å². The highest BCUT2D eigenvalue weighted by molar-refractivity contribution is 4.94. The maximum absolute atomic E-state index is 9.41. The quantitative estimate of drug-likeness (QED) is 0.545. The van der Waals surface area contributed by atoms with Crippen LogP contribution in [0.3, 0.4) is 0 Å². The summed E-state index contributed by atoms with van der Waals surface area (Å²) >= 11 is 0. The van der Waals surface area contributed by atoms with Crippen LogP contribution in [-0.2, 0) is 4.89 Å². The van der Waals surface area contributed by atoms with E-state index in [0.29, 0.717) is 5.92 Å². The van der Waals surface area contributed by atoms with Gasteiger partial charge < -0.3 is 0 Å². The summed E-state index contributed by atoms with van der Waals surface area (Å²) in [4.78, 5) is 4.95. The van der Waals surface area contributed by atoms with Crippen LogP contribution in [-0.4, -0.2) is 11.4 Å². The van der Waals surface area contributed by atoms with E-state index in [9.17, 15) is 5.26 Å². The molecule has 1 N–H and O–H groups in total. The normalized spacial score (nSPS) is 28.2. The first-order valence-corrected chi connectivity index (χ1v) is 7.56. The molecule has 0 bridgehead atoms. The SMILES string of the molecule is CCC(C)(C)C(OO)C(C)(C)C1CCC(C)CC1. The second kappa shape index (κ2) is 5.92. The van der Waals surface area contributed by atoms with Gasteiger partial charge >= 0.3 is 0 Å². The molecule has 1 saturated carbocycles. The lowest BCUT2D eigenvalue weighted by molar-refractivity contribution is -0.332. The fourth-order valence-electron chi connectivity index (χ4n) is 3.69. The standard InChI is InChI=1S/C16H32O2/c1-7-15(3,4)14(18-17)16(5,6)13-10-8-12(2)9-11-13/h12-14,17H,7-11H2,1-6H3. The minimum Gasteiger partial charge on any atom is -0.251 e. The van der Waals surface area contributed by atoms with E-state index in [1.54, 1.807) is 0 Å². The monoisotopic (exact) mass is 256 g/mol. The summed E-state index contributed by atoms with van der Waals surface area (Å²) in [7, 11) is 0. The molecule has 0 radical (unpaired) electrons. The predicted molar refractivity (Wildman–Crippen MR) is 76.5 cm³/mol. The van der Waals surface area contributed by atoms with Crippen molar-refractivity contribution in [1.29, 1.82) is 0 Å². The third kappa shape index (κ3) is 3.27. The first kappa shape index (κ1) is 16.0. The van der Waals surface area contributed by atoms with Crippen molar-refractivity contribution in [3.8, 4) is 0 Å². The van der Waals surface area contributed by atoms with Crippen LogP contribution in [0.4, 0.5) is 0 Å². The zero-order valence-corrected chi connectivity index (χ0v) is 13.1. The average molecular weight is 256 g/mol. The molecule has 0 saturated heterocycles. The Labute approximate surface area is 113 Å². The van der Waals surface area contributed by atoms with Crippen LogP contribution in [0.25, 0.3) is 0 Å². The third-order valence-electron chi connectivity index (χ3n) is 5.47. The Hall–Kier alpha value is -0.0800. The molecule has 18 heavy (non-hydrogen) atoms. The average Bonchev–Trinajstić information content (AvgIpc) is 2.29. The first-order chi connectivity index (χ1) is 8.25. The molecule has 0 heterocycles. The molecular weight excluding hydrogens is 224 g/mol. The van der Waals surface area contributed by atoms with Crippen LogP contribution >= 0.6 is 0 Å². The van der Waals surface area contributed by atoms with E-state index in [1.165, 1.54) is 25.7 Å². The van der Waals surface area contributed by atoms with Gasteiger partial charge in [0.15, 0.2) is 0 Å². The van der Waals surface area contributed by atoms with Crippen molar-refractivity contribution in [2.75, 3.05) is 0 Å². The van der Waals surface area contributed by atoms with Gasteiger partial charge in [0.05, 0.1) is 0 Å². The summed E-state index contributed by atoms with van der Waals surface area (Å²) in [5, 5.41) is 9.41. The topological polar surface area (TPSA) is 29.5 Å². The zero-order valence-electron chi connectivity index (χ0n) is 13.1. The fraction of sp³-hybridized carbons (Fsp3) is 1.00. The van der Waals surface area contributed by atoms with E-state index in [0.717, 1.165) is 12.3 Å². The summed E-state index contributed by atoms with van der Waals surface area (Å²) < 4.78 is 0. The molecule has 0 spiro atoms. The van der Waals surface area contributed by atoms with Crippen molar-refractivity contribution in [3.05, 3.63) is 0 Å². The molecule has 2 heteroatoms. The molecule has 1 rings (SSSR count). The van der Waals surface area contributed by atoms with Crippen LogP contribution in [0.5, 0.6) is 0 Å². The Morgan fingerprint density at radius 3 is 2.00 bits per heavy atom. The lowest BCUT2D eigenvalue weighted by Crippen LogP contribution is -2.47. The maximum atomic E-state index is 9.41. The number of rotatable bonds is 5. The van der Waals surface area contributed by atoms with Crippen molar-refractivity contribution >= 4 is 0 Å². The minimum absolute atomic E-state index is 0.0152. The zero-order chi connectivity index (χ0) is 14.0. The van der Waals surface area contributed by atoms with Crippen LogP contribution in [0.1, 0.15) is 73.6 Å². The van der Waals surface area contributed by atoms with E-state index >= 15 is 0 Å². The maximum Gasteiger partial charge on any atom is 0.103 e. The fourth-order valence-corrected chi connectivity index (χ4v) is 3.69. The highest BCUT2D eigenvalue weighted by Crippen LogP contribution is 2.48. The third-order valence-corrected chi connectivity index (χ3v) is 5.47. The highest BCUT2D eigenvalue weighted by Gasteiger charge is 2.46. The molecule has 0 aliphatic heterocycles. The van der Waals surface area contributed by atoms with E-state index in [4.69, 9.17) is 4.89 Å². The lowest BCUT2D eigenvalue weighted by atomic mass is 9.61. The van der Waals surface area contributed by atoms with Gasteiger partial charge in [-0.3, -0.25) is 5.26 Å². The summed E-state index contributed by atoms with van der Waals surface area (Å²) in [6.45, 7) is 13.4. The minimum atomic E-state index is -0.0894. The van der Waals surface area contributed by atoms with Crippen molar-refractivity contribution < 1.29 is 10.1 Å². The van der Waals surface area contributed by atoms with E-state index in [1.807, 2.05) is 0 Å².